The number of anilines is 1. The fraction of sp³-hybridized carbons (Fsp3) is 0.412. The molecule has 3 aromatic rings. The third-order valence-corrected chi connectivity index (χ3v) is 4.58. The Morgan fingerprint density at radius 1 is 1.18 bits per heavy atom. The third-order valence-electron chi connectivity index (χ3n) is 4.58. The van der Waals surface area contributed by atoms with Gasteiger partial charge in [0.2, 0.25) is 0 Å². The van der Waals surface area contributed by atoms with Crippen molar-refractivity contribution in [3.05, 3.63) is 30.1 Å². The molecule has 0 spiro atoms. The number of furan rings is 1. The number of aromatic nitrogens is 2. The largest absolute Gasteiger partial charge is 0.450 e. The van der Waals surface area contributed by atoms with Gasteiger partial charge in [0.25, 0.3) is 0 Å². The van der Waals surface area contributed by atoms with Crippen LogP contribution in [0.25, 0.3) is 22.1 Å². The molecule has 1 aromatic carbocycles. The molecule has 2 aromatic heterocycles. The van der Waals surface area contributed by atoms with E-state index in [2.05, 4.69) is 27.9 Å². The van der Waals surface area contributed by atoms with Crippen molar-refractivity contribution in [2.45, 2.75) is 13.8 Å². The Labute approximate surface area is 129 Å². The Balaban J connectivity index is 1.83. The van der Waals surface area contributed by atoms with Crippen molar-refractivity contribution in [3.63, 3.8) is 0 Å². The smallest absolute Gasteiger partial charge is 0.196 e. The molecule has 1 saturated heterocycles. The first-order valence-electron chi connectivity index (χ1n) is 8.00. The van der Waals surface area contributed by atoms with Crippen LogP contribution >= 0.6 is 0 Å². The molecular weight excluding hydrogens is 276 g/mol. The molecule has 3 heterocycles. The predicted octanol–water partition coefficient (Wildman–Crippen LogP) is 1.41. The zero-order valence-corrected chi connectivity index (χ0v) is 13.1. The number of benzene rings is 1. The van der Waals surface area contributed by atoms with Gasteiger partial charge in [-0.3, -0.25) is 0 Å². The maximum Gasteiger partial charge on any atom is 0.196 e. The summed E-state index contributed by atoms with van der Waals surface area (Å²) in [5, 5.41) is 1.07. The summed E-state index contributed by atoms with van der Waals surface area (Å²) < 4.78 is 6.07. The molecule has 22 heavy (non-hydrogen) atoms. The number of fused-ring (bicyclic) bond motifs is 3. The van der Waals surface area contributed by atoms with Crippen LogP contribution in [0.15, 0.2) is 28.7 Å². The fourth-order valence-electron chi connectivity index (χ4n) is 3.29. The molecular formula is C17H21N4O+. The highest BCUT2D eigenvalue weighted by Crippen LogP contribution is 2.32. The molecule has 0 bridgehead atoms. The molecule has 0 aliphatic carbocycles. The minimum Gasteiger partial charge on any atom is -0.450 e. The number of para-hydroxylation sites is 1. The summed E-state index contributed by atoms with van der Waals surface area (Å²) in [5.74, 6) is 1.76. The lowest BCUT2D eigenvalue weighted by atomic mass is 10.2. The van der Waals surface area contributed by atoms with E-state index in [1.165, 1.54) is 6.54 Å². The van der Waals surface area contributed by atoms with E-state index in [0.29, 0.717) is 0 Å². The van der Waals surface area contributed by atoms with Crippen LogP contribution in [0.4, 0.5) is 5.82 Å². The highest BCUT2D eigenvalue weighted by Gasteiger charge is 2.24. The average molecular weight is 297 g/mol. The first kappa shape index (κ1) is 13.5. The zero-order valence-electron chi connectivity index (χ0n) is 13.1. The van der Waals surface area contributed by atoms with Gasteiger partial charge in [-0.25, -0.2) is 9.97 Å². The minimum atomic E-state index is 0.805. The number of quaternary nitrogens is 1. The first-order chi connectivity index (χ1) is 10.8. The Morgan fingerprint density at radius 3 is 2.73 bits per heavy atom. The van der Waals surface area contributed by atoms with Gasteiger partial charge in [0.15, 0.2) is 11.4 Å². The Bertz CT molecular complexity index is 818. The summed E-state index contributed by atoms with van der Waals surface area (Å²) in [6.45, 7) is 9.74. The summed E-state index contributed by atoms with van der Waals surface area (Å²) in [6, 6.07) is 8.08. The molecule has 0 radical (unpaired) electrons. The average Bonchev–Trinajstić information content (AvgIpc) is 2.93. The van der Waals surface area contributed by atoms with Gasteiger partial charge in [-0.2, -0.15) is 0 Å². The van der Waals surface area contributed by atoms with Crippen LogP contribution in [0, 0.1) is 6.92 Å². The summed E-state index contributed by atoms with van der Waals surface area (Å²) in [4.78, 5) is 13.3. The fourth-order valence-corrected chi connectivity index (χ4v) is 3.29. The van der Waals surface area contributed by atoms with Crippen molar-refractivity contribution in [1.82, 2.24) is 9.97 Å². The third kappa shape index (κ3) is 2.13. The van der Waals surface area contributed by atoms with Gasteiger partial charge in [-0.05, 0) is 26.0 Å². The van der Waals surface area contributed by atoms with Crippen molar-refractivity contribution in [2.75, 3.05) is 37.6 Å². The van der Waals surface area contributed by atoms with Gasteiger partial charge in [0.1, 0.15) is 16.9 Å². The molecule has 0 saturated carbocycles. The van der Waals surface area contributed by atoms with Crippen molar-refractivity contribution in [3.8, 4) is 0 Å². The van der Waals surface area contributed by atoms with Gasteiger partial charge < -0.3 is 14.2 Å². The minimum absolute atomic E-state index is 0.805. The number of nitrogens with zero attached hydrogens (tertiary/aromatic N) is 3. The van der Waals surface area contributed by atoms with Gasteiger partial charge in [-0.15, -0.1) is 0 Å². The van der Waals surface area contributed by atoms with E-state index < -0.39 is 0 Å². The Kier molecular flexibility index (Phi) is 3.22. The zero-order chi connectivity index (χ0) is 15.1. The number of hydrogen-bond donors (Lipinski definition) is 1. The second-order valence-corrected chi connectivity index (χ2v) is 5.96. The number of hydrogen-bond acceptors (Lipinski definition) is 4. The van der Waals surface area contributed by atoms with Crippen LogP contribution < -0.4 is 9.80 Å². The molecule has 1 N–H and O–H groups in total. The van der Waals surface area contributed by atoms with Crippen molar-refractivity contribution in [1.29, 1.82) is 0 Å². The van der Waals surface area contributed by atoms with Crippen LogP contribution in [0.1, 0.15) is 12.7 Å². The van der Waals surface area contributed by atoms with Crippen LogP contribution in [0.5, 0.6) is 0 Å². The van der Waals surface area contributed by atoms with Gasteiger partial charge in [0.05, 0.1) is 32.7 Å². The van der Waals surface area contributed by atoms with E-state index in [-0.39, 0.29) is 0 Å². The van der Waals surface area contributed by atoms with E-state index in [1.807, 2.05) is 25.1 Å². The van der Waals surface area contributed by atoms with E-state index in [4.69, 9.17) is 4.42 Å². The Hall–Kier alpha value is -2.14. The maximum absolute atomic E-state index is 6.07. The van der Waals surface area contributed by atoms with E-state index in [1.54, 1.807) is 4.90 Å². The van der Waals surface area contributed by atoms with Gasteiger partial charge in [0, 0.05) is 5.39 Å². The number of rotatable bonds is 2. The highest BCUT2D eigenvalue weighted by atomic mass is 16.3. The Morgan fingerprint density at radius 2 is 1.95 bits per heavy atom. The number of nitrogens with one attached hydrogen (secondary N) is 1. The molecule has 1 fully saturated rings. The molecule has 5 heteroatoms. The summed E-state index contributed by atoms with van der Waals surface area (Å²) in [5.41, 5.74) is 2.64. The predicted molar refractivity (Wildman–Crippen MR) is 87.5 cm³/mol. The molecule has 114 valence electrons. The number of piperazine rings is 1. The normalized spacial score (nSPS) is 16.7. The van der Waals surface area contributed by atoms with E-state index >= 15 is 0 Å². The maximum atomic E-state index is 6.07. The number of likely N-dealkylation sites (N-methyl/N-ethyl adjacent to an activating group) is 1. The molecule has 5 nitrogen and oxygen atoms in total. The second-order valence-electron chi connectivity index (χ2n) is 5.96. The number of aryl methyl sites for hydroxylation is 1. The van der Waals surface area contributed by atoms with Crippen LogP contribution in [-0.4, -0.2) is 42.7 Å². The van der Waals surface area contributed by atoms with Crippen LogP contribution in [0.3, 0.4) is 0 Å². The summed E-state index contributed by atoms with van der Waals surface area (Å²) in [7, 11) is 0. The highest BCUT2D eigenvalue weighted by molar-refractivity contribution is 6.05. The molecule has 4 rings (SSSR count). The molecule has 0 unspecified atom stereocenters. The van der Waals surface area contributed by atoms with Gasteiger partial charge in [-0.1, -0.05) is 12.1 Å². The lowest BCUT2D eigenvalue weighted by Crippen LogP contribution is -3.14. The van der Waals surface area contributed by atoms with Crippen molar-refractivity contribution >= 4 is 27.9 Å². The van der Waals surface area contributed by atoms with Gasteiger partial charge >= 0.3 is 0 Å². The van der Waals surface area contributed by atoms with Crippen LogP contribution in [-0.2, 0) is 0 Å². The van der Waals surface area contributed by atoms with Crippen LogP contribution in [0.2, 0.25) is 0 Å². The summed E-state index contributed by atoms with van der Waals surface area (Å²) >= 11 is 0. The molecule has 1 aliphatic heterocycles. The van der Waals surface area contributed by atoms with E-state index in [9.17, 15) is 0 Å². The standard InChI is InChI=1S/C17H20N4O/c1-3-20-8-10-21(11-9-20)17-16-15(18-12(2)19-17)13-6-4-5-7-14(13)22-16/h4-7H,3,8-11H2,1-2H3/p+1. The quantitative estimate of drug-likeness (QED) is 0.777. The SMILES string of the molecule is CC[NH+]1CCN(c2nc(C)nc3c2oc2ccccc23)CC1. The van der Waals surface area contributed by atoms with Crippen molar-refractivity contribution in [2.24, 2.45) is 0 Å². The summed E-state index contributed by atoms with van der Waals surface area (Å²) in [6.07, 6.45) is 0. The van der Waals surface area contributed by atoms with Crippen molar-refractivity contribution < 1.29 is 9.32 Å². The lowest BCUT2D eigenvalue weighted by molar-refractivity contribution is -0.898. The second kappa shape index (κ2) is 5.25. The molecule has 0 atom stereocenters. The molecule has 1 aliphatic rings. The van der Waals surface area contributed by atoms with E-state index in [0.717, 1.165) is 59.9 Å². The first-order valence-corrected chi connectivity index (χ1v) is 8.00. The molecule has 0 amide bonds. The topological polar surface area (TPSA) is 46.6 Å². The lowest BCUT2D eigenvalue weighted by Gasteiger charge is -2.32. The monoisotopic (exact) mass is 297 g/mol.